The fourth-order valence-electron chi connectivity index (χ4n) is 3.56. The van der Waals surface area contributed by atoms with E-state index in [2.05, 4.69) is 5.32 Å². The maximum atomic E-state index is 12.5. The number of benzene rings is 1. The summed E-state index contributed by atoms with van der Waals surface area (Å²) in [5.74, 6) is 0.272. The summed E-state index contributed by atoms with van der Waals surface area (Å²) in [4.78, 5) is 14.2. The Kier molecular flexibility index (Phi) is 8.60. The van der Waals surface area contributed by atoms with E-state index in [1.807, 2.05) is 50.6 Å². The van der Waals surface area contributed by atoms with Crippen LogP contribution in [0, 0.1) is 0 Å². The van der Waals surface area contributed by atoms with Gasteiger partial charge >= 0.3 is 6.03 Å². The molecule has 30 heavy (non-hydrogen) atoms. The Bertz CT molecular complexity index is 887. The molecule has 1 aromatic carbocycles. The summed E-state index contributed by atoms with van der Waals surface area (Å²) in [5, 5.41) is 3.67. The van der Waals surface area contributed by atoms with Crippen LogP contribution in [0.5, 0.6) is 0 Å². The molecular weight excluding hydrogens is 426 g/mol. The molecule has 2 atom stereocenters. The first-order valence-electron chi connectivity index (χ1n) is 9.96. The highest BCUT2D eigenvalue weighted by Gasteiger charge is 2.24. The van der Waals surface area contributed by atoms with Crippen LogP contribution in [0.1, 0.15) is 63.5 Å². The van der Waals surface area contributed by atoms with Crippen molar-refractivity contribution in [2.24, 2.45) is 0 Å². The number of para-hydroxylation sites is 1. The highest BCUT2D eigenvalue weighted by atomic mass is 32.2. The summed E-state index contributed by atoms with van der Waals surface area (Å²) in [6, 6.07) is 4.69. The lowest BCUT2D eigenvalue weighted by molar-refractivity contribution is 0.256. The van der Waals surface area contributed by atoms with Crippen molar-refractivity contribution in [3.63, 3.8) is 0 Å². The monoisotopic (exact) mass is 457 g/mol. The zero-order valence-electron chi connectivity index (χ0n) is 17.8. The fourth-order valence-corrected chi connectivity index (χ4v) is 4.93. The van der Waals surface area contributed by atoms with E-state index >= 15 is 0 Å². The quantitative estimate of drug-likeness (QED) is 0.514. The number of sulfonamides is 1. The van der Waals surface area contributed by atoms with Gasteiger partial charge in [0, 0.05) is 17.1 Å². The molecule has 1 unspecified atom stereocenters. The van der Waals surface area contributed by atoms with Crippen LogP contribution in [-0.4, -0.2) is 46.6 Å². The molecular formula is C20H31N3O5S2. The van der Waals surface area contributed by atoms with Crippen LogP contribution in [0.25, 0.3) is 0 Å². The van der Waals surface area contributed by atoms with Gasteiger partial charge in [-0.05, 0) is 42.3 Å². The maximum Gasteiger partial charge on any atom is 0.333 e. The number of hydrogen-bond donors (Lipinski definition) is 3. The Morgan fingerprint density at radius 3 is 2.40 bits per heavy atom. The lowest BCUT2D eigenvalue weighted by Crippen LogP contribution is -2.34. The van der Waals surface area contributed by atoms with E-state index in [0.717, 1.165) is 23.0 Å². The van der Waals surface area contributed by atoms with Gasteiger partial charge in [-0.3, -0.25) is 4.90 Å². The molecule has 168 valence electrons. The third-order valence-electron chi connectivity index (χ3n) is 5.02. The zero-order chi connectivity index (χ0) is 22.5. The fraction of sp³-hybridized carbons (Fsp3) is 0.550. The van der Waals surface area contributed by atoms with Crippen LogP contribution in [0.15, 0.2) is 29.7 Å². The molecule has 3 N–H and O–H groups in total. The minimum atomic E-state index is -4.01. The summed E-state index contributed by atoms with van der Waals surface area (Å²) in [7, 11) is -4.01. The van der Waals surface area contributed by atoms with Gasteiger partial charge in [-0.1, -0.05) is 52.0 Å². The van der Waals surface area contributed by atoms with Crippen molar-refractivity contribution >= 4 is 32.8 Å². The van der Waals surface area contributed by atoms with Crippen LogP contribution in [0.3, 0.4) is 0 Å². The molecule has 0 bridgehead atoms. The van der Waals surface area contributed by atoms with Crippen molar-refractivity contribution in [1.29, 1.82) is 0 Å². The molecule has 0 aromatic heterocycles. The molecule has 10 heteroatoms. The topological polar surface area (TPSA) is 116 Å². The number of rotatable bonds is 8. The highest BCUT2D eigenvalue weighted by molar-refractivity contribution is 7.92. The molecule has 0 saturated carbocycles. The second-order valence-corrected chi connectivity index (χ2v) is 10.5. The van der Waals surface area contributed by atoms with Crippen molar-refractivity contribution < 1.29 is 22.0 Å². The SMILES string of the molecule is CC(C)c1cccc(C(C)C)c1NC(=O)NS(=O)(=O)/C=C/[C@@H]1CCCN1CS(=O)O. The maximum absolute atomic E-state index is 12.5. The van der Waals surface area contributed by atoms with Gasteiger partial charge in [0.05, 0.1) is 0 Å². The van der Waals surface area contributed by atoms with Crippen LogP contribution < -0.4 is 10.0 Å². The van der Waals surface area contributed by atoms with E-state index in [9.17, 15) is 17.4 Å². The first-order valence-corrected chi connectivity index (χ1v) is 12.8. The van der Waals surface area contributed by atoms with Crippen molar-refractivity contribution in [3.8, 4) is 0 Å². The molecule has 1 saturated heterocycles. The summed E-state index contributed by atoms with van der Waals surface area (Å²) < 4.78 is 46.9. The first kappa shape index (κ1) is 24.5. The Balaban J connectivity index is 2.11. The molecule has 1 aliphatic heterocycles. The Morgan fingerprint density at radius 1 is 1.27 bits per heavy atom. The number of likely N-dealkylation sites (tertiary alicyclic amines) is 1. The molecule has 0 aliphatic carbocycles. The molecule has 2 amide bonds. The normalized spacial score (nSPS) is 19.0. The number of hydrogen-bond acceptors (Lipinski definition) is 5. The largest absolute Gasteiger partial charge is 0.333 e. The van der Waals surface area contributed by atoms with Gasteiger partial charge in [0.2, 0.25) is 0 Å². The van der Waals surface area contributed by atoms with Gasteiger partial charge < -0.3 is 9.87 Å². The summed E-state index contributed by atoms with van der Waals surface area (Å²) in [6.45, 7) is 8.66. The summed E-state index contributed by atoms with van der Waals surface area (Å²) in [6.07, 6.45) is 2.95. The summed E-state index contributed by atoms with van der Waals surface area (Å²) in [5.41, 5.74) is 2.50. The van der Waals surface area contributed by atoms with E-state index in [1.165, 1.54) is 6.08 Å². The predicted molar refractivity (Wildman–Crippen MR) is 120 cm³/mol. The molecule has 1 heterocycles. The number of nitrogens with zero attached hydrogens (tertiary/aromatic N) is 1. The number of nitrogens with one attached hydrogen (secondary N) is 2. The minimum absolute atomic E-state index is 0.0348. The van der Waals surface area contributed by atoms with Gasteiger partial charge in [0.1, 0.15) is 5.88 Å². The van der Waals surface area contributed by atoms with E-state index < -0.39 is 27.1 Å². The molecule has 1 aromatic rings. The van der Waals surface area contributed by atoms with Gasteiger partial charge in [-0.2, -0.15) is 0 Å². The third kappa shape index (κ3) is 6.90. The van der Waals surface area contributed by atoms with Crippen LogP contribution >= 0.6 is 0 Å². The van der Waals surface area contributed by atoms with E-state index in [0.29, 0.717) is 18.7 Å². The number of carbonyl (C=O) groups is 1. The van der Waals surface area contributed by atoms with Gasteiger partial charge in [0.15, 0.2) is 11.1 Å². The number of urea groups is 1. The average molecular weight is 458 g/mol. The Morgan fingerprint density at radius 2 is 1.87 bits per heavy atom. The molecule has 2 rings (SSSR count). The lowest BCUT2D eigenvalue weighted by Gasteiger charge is -2.20. The number of anilines is 1. The molecule has 1 fully saturated rings. The lowest BCUT2D eigenvalue weighted by atomic mass is 9.93. The first-order chi connectivity index (χ1) is 14.0. The molecule has 1 aliphatic rings. The van der Waals surface area contributed by atoms with Crippen LogP contribution in [0.2, 0.25) is 0 Å². The molecule has 0 spiro atoms. The standard InChI is InChI=1S/C20H31N3O5S2/c1-14(2)17-8-5-9-18(15(3)4)19(17)21-20(24)22-30(27,28)12-10-16-7-6-11-23(16)13-29(25)26/h5,8-10,12,14-16H,6-7,11,13H2,1-4H3,(H,25,26)(H2,21,22,24)/b12-10+/t16-/m0/s1. The number of carbonyl (C=O) groups excluding carboxylic acids is 1. The van der Waals surface area contributed by atoms with Crippen molar-refractivity contribution in [2.45, 2.75) is 58.4 Å². The van der Waals surface area contributed by atoms with Crippen molar-refractivity contribution in [1.82, 2.24) is 9.62 Å². The van der Waals surface area contributed by atoms with Crippen LogP contribution in [0.4, 0.5) is 10.5 Å². The van der Waals surface area contributed by atoms with E-state index in [-0.39, 0.29) is 23.8 Å². The van der Waals surface area contributed by atoms with Gasteiger partial charge in [0.25, 0.3) is 10.0 Å². The molecule has 8 nitrogen and oxygen atoms in total. The smallest absolute Gasteiger partial charge is 0.307 e. The van der Waals surface area contributed by atoms with E-state index in [1.54, 1.807) is 4.90 Å². The second kappa shape index (κ2) is 10.5. The highest BCUT2D eigenvalue weighted by Crippen LogP contribution is 2.32. The second-order valence-electron chi connectivity index (χ2n) is 8.02. The Hall–Kier alpha value is -1.75. The van der Waals surface area contributed by atoms with Gasteiger partial charge in [-0.15, -0.1) is 0 Å². The summed E-state index contributed by atoms with van der Waals surface area (Å²) >= 11 is -1.98. The minimum Gasteiger partial charge on any atom is -0.307 e. The number of amides is 2. The molecule has 0 radical (unpaired) electrons. The van der Waals surface area contributed by atoms with Crippen molar-refractivity contribution in [3.05, 3.63) is 40.8 Å². The third-order valence-corrected chi connectivity index (χ3v) is 6.55. The predicted octanol–water partition coefficient (Wildman–Crippen LogP) is 3.54. The van der Waals surface area contributed by atoms with Crippen molar-refractivity contribution in [2.75, 3.05) is 17.7 Å². The Labute approximate surface area is 181 Å². The van der Waals surface area contributed by atoms with E-state index in [4.69, 9.17) is 4.55 Å². The average Bonchev–Trinajstić information content (AvgIpc) is 3.05. The van der Waals surface area contributed by atoms with Crippen LogP contribution in [-0.2, 0) is 21.1 Å². The van der Waals surface area contributed by atoms with Gasteiger partial charge in [-0.25, -0.2) is 22.1 Å². The zero-order valence-corrected chi connectivity index (χ0v) is 19.4.